The molecule has 2 fully saturated rings. The summed E-state index contributed by atoms with van der Waals surface area (Å²) in [7, 11) is 0. The maximum Gasteiger partial charge on any atom is 0.322 e. The number of urea groups is 1. The first-order valence-electron chi connectivity index (χ1n) is 10.6. The van der Waals surface area contributed by atoms with E-state index >= 15 is 0 Å². The molecule has 1 aliphatic heterocycles. The Bertz CT molecular complexity index is 1460. The molecule has 8 nitrogen and oxygen atoms in total. The molecule has 4 aromatic rings. The number of benzene rings is 2. The molecule has 0 spiro atoms. The molecule has 6 rings (SSSR count). The normalized spacial score (nSPS) is 20.2. The maximum absolute atomic E-state index is 14.0. The number of amides is 3. The fourth-order valence-corrected chi connectivity index (χ4v) is 4.15. The van der Waals surface area contributed by atoms with E-state index in [0.717, 1.165) is 18.5 Å². The minimum atomic E-state index is -1.20. The van der Waals surface area contributed by atoms with E-state index in [1.54, 1.807) is 37.3 Å². The van der Waals surface area contributed by atoms with E-state index < -0.39 is 17.5 Å². The number of carbonyl (C=O) groups excluding carboxylic acids is 2. The fraction of sp³-hybridized carbons (Fsp3) is 0.208. The van der Waals surface area contributed by atoms with E-state index in [-0.39, 0.29) is 11.7 Å². The quantitative estimate of drug-likeness (QED) is 0.461. The van der Waals surface area contributed by atoms with Crippen LogP contribution in [0.25, 0.3) is 33.7 Å². The summed E-state index contributed by atoms with van der Waals surface area (Å²) in [4.78, 5) is 33.2. The van der Waals surface area contributed by atoms with Gasteiger partial charge in [0.2, 0.25) is 5.82 Å². The van der Waals surface area contributed by atoms with Gasteiger partial charge < -0.3 is 9.84 Å². The molecule has 1 unspecified atom stereocenters. The summed E-state index contributed by atoms with van der Waals surface area (Å²) in [6.07, 6.45) is 2.15. The van der Waals surface area contributed by atoms with Crippen LogP contribution in [0, 0.1) is 5.82 Å². The van der Waals surface area contributed by atoms with Gasteiger partial charge in [-0.25, -0.2) is 9.18 Å². The Morgan fingerprint density at radius 1 is 1.09 bits per heavy atom. The van der Waals surface area contributed by atoms with Gasteiger partial charge in [-0.15, -0.1) is 0 Å². The van der Waals surface area contributed by atoms with Crippen LogP contribution in [0.4, 0.5) is 9.18 Å². The van der Waals surface area contributed by atoms with Gasteiger partial charge in [0.25, 0.3) is 11.8 Å². The predicted octanol–water partition coefficient (Wildman–Crippen LogP) is 4.02. The Hall–Kier alpha value is -4.14. The van der Waals surface area contributed by atoms with Crippen molar-refractivity contribution >= 4 is 22.8 Å². The van der Waals surface area contributed by atoms with Crippen LogP contribution < -0.4 is 10.6 Å². The topological polar surface area (TPSA) is 110 Å². The lowest BCUT2D eigenvalue weighted by molar-refractivity contribution is -0.123. The Morgan fingerprint density at radius 3 is 2.70 bits per heavy atom. The molecule has 3 amide bonds. The van der Waals surface area contributed by atoms with Crippen molar-refractivity contribution in [1.82, 2.24) is 25.8 Å². The highest BCUT2D eigenvalue weighted by atomic mass is 19.1. The standard InChI is InChI=1S/C24H18FN5O3/c1-24(22(31)28-23(32)29-24)14-4-2-3-13(9-14)20-27-21(33-30-20)17-11-19(12-5-6-12)26-18-8-7-15(25)10-16(17)18/h2-4,7-12H,5-6H2,1H3,(H2,28,29,31,32). The summed E-state index contributed by atoms with van der Waals surface area (Å²) in [6, 6.07) is 12.8. The van der Waals surface area contributed by atoms with Gasteiger partial charge in [-0.2, -0.15) is 4.98 Å². The zero-order chi connectivity index (χ0) is 22.7. The number of hydrogen-bond acceptors (Lipinski definition) is 6. The van der Waals surface area contributed by atoms with Crippen LogP contribution in [0.3, 0.4) is 0 Å². The van der Waals surface area contributed by atoms with E-state index in [1.807, 2.05) is 6.07 Å². The number of pyridine rings is 1. The SMILES string of the molecule is CC1(c2cccc(-c3noc(-c4cc(C5CC5)nc5ccc(F)cc45)n3)c2)NC(=O)NC1=O. The van der Waals surface area contributed by atoms with Crippen molar-refractivity contribution in [3.8, 4) is 22.8 Å². The Balaban J connectivity index is 1.42. The number of halogens is 1. The molecule has 2 aromatic carbocycles. The molecule has 0 radical (unpaired) electrons. The summed E-state index contributed by atoms with van der Waals surface area (Å²) < 4.78 is 19.6. The second-order valence-corrected chi connectivity index (χ2v) is 8.57. The third-order valence-electron chi connectivity index (χ3n) is 6.19. The van der Waals surface area contributed by atoms with Gasteiger partial charge >= 0.3 is 6.03 Å². The smallest absolute Gasteiger partial charge is 0.322 e. The van der Waals surface area contributed by atoms with Crippen molar-refractivity contribution in [2.45, 2.75) is 31.2 Å². The van der Waals surface area contributed by atoms with Crippen LogP contribution in [-0.4, -0.2) is 27.1 Å². The number of hydrogen-bond donors (Lipinski definition) is 2. The third kappa shape index (κ3) is 3.24. The lowest BCUT2D eigenvalue weighted by Crippen LogP contribution is -2.40. The molecular weight excluding hydrogens is 425 g/mol. The van der Waals surface area contributed by atoms with Crippen molar-refractivity contribution in [3.05, 3.63) is 65.6 Å². The lowest BCUT2D eigenvalue weighted by Gasteiger charge is -2.21. The van der Waals surface area contributed by atoms with Crippen LogP contribution in [0.1, 0.15) is 36.9 Å². The maximum atomic E-state index is 14.0. The van der Waals surface area contributed by atoms with Crippen LogP contribution >= 0.6 is 0 Å². The minimum Gasteiger partial charge on any atom is -0.334 e. The number of nitrogens with one attached hydrogen (secondary N) is 2. The van der Waals surface area contributed by atoms with Crippen molar-refractivity contribution in [3.63, 3.8) is 0 Å². The number of imide groups is 1. The first kappa shape index (κ1) is 19.5. The van der Waals surface area contributed by atoms with Crippen LogP contribution in [0.5, 0.6) is 0 Å². The molecule has 1 saturated carbocycles. The second kappa shape index (κ2) is 6.93. The van der Waals surface area contributed by atoms with Gasteiger partial charge in [0.05, 0.1) is 11.1 Å². The molecule has 164 valence electrons. The number of nitrogens with zero attached hydrogens (tertiary/aromatic N) is 3. The van der Waals surface area contributed by atoms with Crippen LogP contribution in [0.2, 0.25) is 0 Å². The highest BCUT2D eigenvalue weighted by Gasteiger charge is 2.43. The number of rotatable bonds is 4. The molecule has 2 aliphatic rings. The molecule has 33 heavy (non-hydrogen) atoms. The van der Waals surface area contributed by atoms with Gasteiger partial charge in [-0.05, 0) is 55.7 Å². The first-order chi connectivity index (χ1) is 15.9. The molecule has 1 atom stereocenters. The molecule has 2 aromatic heterocycles. The van der Waals surface area contributed by atoms with Gasteiger partial charge in [-0.3, -0.25) is 15.1 Å². The van der Waals surface area contributed by atoms with Gasteiger partial charge in [0.15, 0.2) is 0 Å². The zero-order valence-electron chi connectivity index (χ0n) is 17.6. The summed E-state index contributed by atoms with van der Waals surface area (Å²) in [5.41, 5.74) is 2.24. The van der Waals surface area contributed by atoms with Gasteiger partial charge in [0.1, 0.15) is 11.4 Å². The Labute approximate surface area is 187 Å². The zero-order valence-corrected chi connectivity index (χ0v) is 17.6. The van der Waals surface area contributed by atoms with Crippen molar-refractivity contribution in [1.29, 1.82) is 0 Å². The summed E-state index contributed by atoms with van der Waals surface area (Å²) in [6.45, 7) is 1.63. The summed E-state index contributed by atoms with van der Waals surface area (Å²) in [5.74, 6) is 0.160. The average molecular weight is 443 g/mol. The highest BCUT2D eigenvalue weighted by molar-refractivity contribution is 6.07. The third-order valence-corrected chi connectivity index (χ3v) is 6.19. The minimum absolute atomic E-state index is 0.258. The first-order valence-corrected chi connectivity index (χ1v) is 10.6. The van der Waals surface area contributed by atoms with E-state index in [9.17, 15) is 14.0 Å². The summed E-state index contributed by atoms with van der Waals surface area (Å²) >= 11 is 0. The molecule has 3 heterocycles. The number of carbonyl (C=O) groups is 2. The molecular formula is C24H18FN5O3. The predicted molar refractivity (Wildman–Crippen MR) is 116 cm³/mol. The monoisotopic (exact) mass is 443 g/mol. The molecule has 2 N–H and O–H groups in total. The van der Waals surface area contributed by atoms with Crippen molar-refractivity contribution in [2.24, 2.45) is 0 Å². The highest BCUT2D eigenvalue weighted by Crippen LogP contribution is 2.42. The van der Waals surface area contributed by atoms with Crippen molar-refractivity contribution < 1.29 is 18.5 Å². The van der Waals surface area contributed by atoms with Gasteiger partial charge in [0, 0.05) is 22.6 Å². The lowest BCUT2D eigenvalue weighted by atomic mass is 9.91. The van der Waals surface area contributed by atoms with E-state index in [4.69, 9.17) is 4.52 Å². The molecule has 9 heteroatoms. The van der Waals surface area contributed by atoms with Gasteiger partial charge in [-0.1, -0.05) is 23.4 Å². The largest absolute Gasteiger partial charge is 0.334 e. The molecule has 1 aliphatic carbocycles. The Morgan fingerprint density at radius 2 is 1.94 bits per heavy atom. The van der Waals surface area contributed by atoms with Crippen molar-refractivity contribution in [2.75, 3.05) is 0 Å². The molecule has 1 saturated heterocycles. The Kier molecular flexibility index (Phi) is 4.10. The van der Waals surface area contributed by atoms with E-state index in [2.05, 4.69) is 25.8 Å². The number of aromatic nitrogens is 3. The van der Waals surface area contributed by atoms with E-state index in [1.165, 1.54) is 12.1 Å². The average Bonchev–Trinajstić information content (AvgIpc) is 3.47. The van der Waals surface area contributed by atoms with Crippen LogP contribution in [0.15, 0.2) is 53.1 Å². The molecule has 0 bridgehead atoms. The summed E-state index contributed by atoms with van der Waals surface area (Å²) in [5, 5.41) is 9.62. The second-order valence-electron chi connectivity index (χ2n) is 8.57. The number of fused-ring (bicyclic) bond motifs is 1. The van der Waals surface area contributed by atoms with Crippen LogP contribution in [-0.2, 0) is 10.3 Å². The fourth-order valence-electron chi connectivity index (χ4n) is 4.15. The van der Waals surface area contributed by atoms with E-state index in [0.29, 0.717) is 39.3 Å².